The van der Waals surface area contributed by atoms with Gasteiger partial charge in [-0.25, -0.2) is 0 Å². The van der Waals surface area contributed by atoms with E-state index in [2.05, 4.69) is 40.3 Å². The van der Waals surface area contributed by atoms with Gasteiger partial charge in [-0.1, -0.05) is 25.4 Å². The van der Waals surface area contributed by atoms with E-state index in [1.807, 2.05) is 36.4 Å². The summed E-state index contributed by atoms with van der Waals surface area (Å²) in [6, 6.07) is 13.6. The molecule has 0 bridgehead atoms. The van der Waals surface area contributed by atoms with Crippen molar-refractivity contribution in [3.8, 4) is 11.3 Å². The molecule has 2 fully saturated rings. The van der Waals surface area contributed by atoms with Crippen LogP contribution in [0.25, 0.3) is 11.3 Å². The van der Waals surface area contributed by atoms with Gasteiger partial charge >= 0.3 is 0 Å². The Bertz CT molecular complexity index is 1200. The Morgan fingerprint density at radius 1 is 0.973 bits per heavy atom. The quantitative estimate of drug-likeness (QED) is 0.352. The lowest BCUT2D eigenvalue weighted by Crippen LogP contribution is -2.40. The van der Waals surface area contributed by atoms with Crippen LogP contribution in [0.1, 0.15) is 45.3 Å². The second kappa shape index (κ2) is 11.7. The summed E-state index contributed by atoms with van der Waals surface area (Å²) < 4.78 is 5.99. The van der Waals surface area contributed by atoms with Gasteiger partial charge in [-0.05, 0) is 86.1 Å². The van der Waals surface area contributed by atoms with Crippen LogP contribution >= 0.6 is 23.8 Å². The molecule has 9 heteroatoms. The minimum atomic E-state index is 0.458. The fourth-order valence-corrected chi connectivity index (χ4v) is 5.62. The maximum absolute atomic E-state index is 6.00. The smallest absolute Gasteiger partial charge is 0.232 e. The summed E-state index contributed by atoms with van der Waals surface area (Å²) in [5.74, 6) is 5.33. The van der Waals surface area contributed by atoms with E-state index in [0.717, 1.165) is 54.9 Å². The molecule has 0 amide bonds. The summed E-state index contributed by atoms with van der Waals surface area (Å²) in [5, 5.41) is 7.62. The van der Waals surface area contributed by atoms with Gasteiger partial charge in [0.1, 0.15) is 23.2 Å². The Hall–Kier alpha value is -2.84. The average Bonchev–Trinajstić information content (AvgIpc) is 3.37. The highest BCUT2D eigenvalue weighted by Gasteiger charge is 2.25. The molecule has 0 spiro atoms. The van der Waals surface area contributed by atoms with E-state index in [1.165, 1.54) is 25.7 Å². The zero-order valence-corrected chi connectivity index (χ0v) is 23.1. The van der Waals surface area contributed by atoms with Gasteiger partial charge in [0, 0.05) is 42.8 Å². The molecule has 0 saturated carbocycles. The molecule has 0 aliphatic carbocycles. The van der Waals surface area contributed by atoms with Crippen LogP contribution in [0.4, 0.5) is 17.6 Å². The molecule has 2 N–H and O–H groups in total. The Labute approximate surface area is 229 Å². The number of halogens is 1. The molecule has 2 aromatic heterocycles. The van der Waals surface area contributed by atoms with Crippen molar-refractivity contribution in [2.75, 3.05) is 41.3 Å². The molecular formula is C28H35ClN6OS. The number of hydrogen-bond acceptors (Lipinski definition) is 6. The SMILES string of the molecule is C[C@@H]1C[C@H](C)CN(c2cc(N3CCCCC3)nc(NC(=S)NCc3ccc(-c4ccc(Cl)cc4)o3)n2)C1. The molecule has 3 aromatic rings. The average molecular weight is 539 g/mol. The molecule has 2 saturated heterocycles. The van der Waals surface area contributed by atoms with Gasteiger partial charge in [-0.3, -0.25) is 0 Å². The molecular weight excluding hydrogens is 504 g/mol. The number of hydrogen-bond donors (Lipinski definition) is 2. The minimum Gasteiger partial charge on any atom is -0.459 e. The maximum atomic E-state index is 6.00. The van der Waals surface area contributed by atoms with Crippen molar-refractivity contribution >= 4 is 46.5 Å². The van der Waals surface area contributed by atoms with Crippen molar-refractivity contribution in [2.45, 2.75) is 46.1 Å². The third kappa shape index (κ3) is 6.73. The first-order valence-electron chi connectivity index (χ1n) is 13.2. The Kier molecular flexibility index (Phi) is 8.15. The summed E-state index contributed by atoms with van der Waals surface area (Å²) in [6.07, 6.45) is 4.93. The van der Waals surface area contributed by atoms with E-state index in [1.54, 1.807) is 0 Å². The van der Waals surface area contributed by atoms with Crippen LogP contribution in [-0.2, 0) is 6.54 Å². The first-order valence-corrected chi connectivity index (χ1v) is 14.0. The molecule has 7 nitrogen and oxygen atoms in total. The van der Waals surface area contributed by atoms with Crippen LogP contribution in [0.2, 0.25) is 5.02 Å². The minimum absolute atomic E-state index is 0.458. The van der Waals surface area contributed by atoms with Crippen molar-refractivity contribution < 1.29 is 4.42 Å². The fraction of sp³-hybridized carbons (Fsp3) is 0.464. The van der Waals surface area contributed by atoms with Crippen molar-refractivity contribution in [3.63, 3.8) is 0 Å². The molecule has 4 heterocycles. The van der Waals surface area contributed by atoms with Gasteiger partial charge in [0.2, 0.25) is 5.95 Å². The highest BCUT2D eigenvalue weighted by molar-refractivity contribution is 7.80. The van der Waals surface area contributed by atoms with Crippen molar-refractivity contribution in [2.24, 2.45) is 11.8 Å². The van der Waals surface area contributed by atoms with E-state index in [0.29, 0.717) is 34.5 Å². The monoisotopic (exact) mass is 538 g/mol. The number of piperidine rings is 2. The lowest BCUT2D eigenvalue weighted by Gasteiger charge is -2.36. The number of thiocarbonyl (C=S) groups is 1. The number of nitrogens with zero attached hydrogens (tertiary/aromatic N) is 4. The molecule has 2 aliphatic rings. The highest BCUT2D eigenvalue weighted by Crippen LogP contribution is 2.29. The van der Waals surface area contributed by atoms with Crippen LogP contribution in [0.15, 0.2) is 46.9 Å². The van der Waals surface area contributed by atoms with Gasteiger partial charge in [0.25, 0.3) is 0 Å². The molecule has 2 aliphatic heterocycles. The molecule has 0 radical (unpaired) electrons. The zero-order valence-electron chi connectivity index (χ0n) is 21.5. The van der Waals surface area contributed by atoms with Gasteiger partial charge in [-0.2, -0.15) is 9.97 Å². The van der Waals surface area contributed by atoms with Crippen LogP contribution < -0.4 is 20.4 Å². The van der Waals surface area contributed by atoms with Gasteiger partial charge < -0.3 is 24.9 Å². The first kappa shape index (κ1) is 25.8. The summed E-state index contributed by atoms with van der Waals surface area (Å²) in [5.41, 5.74) is 0.980. The number of anilines is 3. The highest BCUT2D eigenvalue weighted by atomic mass is 35.5. The van der Waals surface area contributed by atoms with Crippen LogP contribution in [0.5, 0.6) is 0 Å². The summed E-state index contributed by atoms with van der Waals surface area (Å²) >= 11 is 11.6. The summed E-state index contributed by atoms with van der Waals surface area (Å²) in [7, 11) is 0. The van der Waals surface area contributed by atoms with Crippen molar-refractivity contribution in [1.29, 1.82) is 0 Å². The number of rotatable bonds is 6. The van der Waals surface area contributed by atoms with E-state index in [-0.39, 0.29) is 0 Å². The maximum Gasteiger partial charge on any atom is 0.232 e. The third-order valence-corrected chi connectivity index (χ3v) is 7.51. The second-order valence-corrected chi connectivity index (χ2v) is 11.2. The van der Waals surface area contributed by atoms with E-state index >= 15 is 0 Å². The number of nitrogens with one attached hydrogen (secondary N) is 2. The van der Waals surface area contributed by atoms with Crippen LogP contribution in [0.3, 0.4) is 0 Å². The number of furan rings is 1. The Balaban J connectivity index is 1.27. The van der Waals surface area contributed by atoms with Gasteiger partial charge in [-0.15, -0.1) is 0 Å². The number of aromatic nitrogens is 2. The normalized spacial score (nSPS) is 20.1. The predicted octanol–water partition coefficient (Wildman–Crippen LogP) is 6.35. The van der Waals surface area contributed by atoms with Crippen LogP contribution in [-0.4, -0.2) is 41.3 Å². The number of benzene rings is 1. The van der Waals surface area contributed by atoms with Crippen LogP contribution in [0, 0.1) is 11.8 Å². The standard InChI is InChI=1S/C28H35ClN6OS/c1-19-14-20(2)18-35(17-19)26-15-25(34-12-4-3-5-13-34)31-27(32-26)33-28(37)30-16-23-10-11-24(36-23)21-6-8-22(29)9-7-21/h6-11,15,19-20H,3-5,12-14,16-18H2,1-2H3,(H2,30,31,32,33,37)/t19-,20+. The fourth-order valence-electron chi connectivity index (χ4n) is 5.33. The zero-order chi connectivity index (χ0) is 25.8. The van der Waals surface area contributed by atoms with Gasteiger partial charge in [0.05, 0.1) is 6.54 Å². The Morgan fingerprint density at radius 3 is 2.35 bits per heavy atom. The second-order valence-electron chi connectivity index (χ2n) is 10.4. The summed E-state index contributed by atoms with van der Waals surface area (Å²) in [4.78, 5) is 14.5. The topological polar surface area (TPSA) is 69.5 Å². The van der Waals surface area contributed by atoms with E-state index in [9.17, 15) is 0 Å². The Morgan fingerprint density at radius 2 is 1.65 bits per heavy atom. The van der Waals surface area contributed by atoms with E-state index in [4.69, 9.17) is 38.2 Å². The van der Waals surface area contributed by atoms with Crippen molar-refractivity contribution in [3.05, 3.63) is 53.2 Å². The molecule has 5 rings (SSSR count). The molecule has 0 unspecified atom stereocenters. The molecule has 1 aromatic carbocycles. The van der Waals surface area contributed by atoms with Crippen molar-refractivity contribution in [1.82, 2.24) is 15.3 Å². The molecule has 196 valence electrons. The summed E-state index contributed by atoms with van der Waals surface area (Å²) in [6.45, 7) is 9.18. The largest absolute Gasteiger partial charge is 0.459 e. The third-order valence-electron chi connectivity index (χ3n) is 7.01. The predicted molar refractivity (Wildman–Crippen MR) is 155 cm³/mol. The lowest BCUT2D eigenvalue weighted by atomic mass is 9.92. The molecule has 37 heavy (non-hydrogen) atoms. The van der Waals surface area contributed by atoms with Gasteiger partial charge in [0.15, 0.2) is 5.11 Å². The first-order chi connectivity index (χ1) is 17.9. The lowest BCUT2D eigenvalue weighted by molar-refractivity contribution is 0.355. The molecule has 2 atom stereocenters. The van der Waals surface area contributed by atoms with E-state index < -0.39 is 0 Å².